The molecule has 4 nitrogen and oxygen atoms in total. The highest BCUT2D eigenvalue weighted by Gasteiger charge is 2.16. The summed E-state index contributed by atoms with van der Waals surface area (Å²) < 4.78 is 24.1. The largest absolute Gasteiger partial charge is 0.396 e. The Balaban J connectivity index is 4.20. The summed E-state index contributed by atoms with van der Waals surface area (Å²) in [4.78, 5) is 0. The van der Waals surface area contributed by atoms with Crippen LogP contribution in [0.2, 0.25) is 0 Å². The molecular formula is C8H17NO3S. The molecule has 0 spiro atoms. The Kier molecular flexibility index (Phi) is 5.20. The van der Waals surface area contributed by atoms with Crippen molar-refractivity contribution < 1.29 is 13.5 Å². The van der Waals surface area contributed by atoms with Crippen molar-refractivity contribution in [2.45, 2.75) is 13.3 Å². The molecule has 0 atom stereocenters. The molecule has 0 unspecified atom stereocenters. The van der Waals surface area contributed by atoms with Gasteiger partial charge in [0.05, 0.1) is 5.75 Å². The molecule has 1 N–H and O–H groups in total. The number of hydrogen-bond donors (Lipinski definition) is 1. The summed E-state index contributed by atoms with van der Waals surface area (Å²) in [5, 5.41) is 8.49. The molecule has 0 aliphatic heterocycles. The van der Waals surface area contributed by atoms with Crippen molar-refractivity contribution in [1.82, 2.24) is 4.31 Å². The Morgan fingerprint density at radius 3 is 2.46 bits per heavy atom. The number of aliphatic hydroxyl groups is 1. The van der Waals surface area contributed by atoms with E-state index in [9.17, 15) is 8.42 Å². The van der Waals surface area contributed by atoms with Crippen LogP contribution >= 0.6 is 0 Å². The highest BCUT2D eigenvalue weighted by molar-refractivity contribution is 7.89. The molecule has 0 rings (SSSR count). The second-order valence-electron chi connectivity index (χ2n) is 3.11. The second kappa shape index (κ2) is 5.36. The molecule has 0 aromatic carbocycles. The number of aliphatic hydroxyl groups excluding tert-OH is 1. The van der Waals surface area contributed by atoms with Gasteiger partial charge >= 0.3 is 0 Å². The lowest BCUT2D eigenvalue weighted by Gasteiger charge is -2.16. The molecule has 0 aromatic rings. The normalized spacial score (nSPS) is 12.0. The first kappa shape index (κ1) is 12.6. The third kappa shape index (κ3) is 5.02. The summed E-state index contributed by atoms with van der Waals surface area (Å²) in [6.07, 6.45) is 0.281. The zero-order valence-corrected chi connectivity index (χ0v) is 8.97. The lowest BCUT2D eigenvalue weighted by Crippen LogP contribution is -2.30. The predicted octanol–water partition coefficient (Wildman–Crippen LogP) is 0.207. The summed E-state index contributed by atoms with van der Waals surface area (Å²) in [5.41, 5.74) is 0.801. The monoisotopic (exact) mass is 207 g/mol. The van der Waals surface area contributed by atoms with E-state index in [-0.39, 0.29) is 18.8 Å². The van der Waals surface area contributed by atoms with Gasteiger partial charge in [-0.05, 0) is 13.3 Å². The molecule has 0 saturated carbocycles. The summed E-state index contributed by atoms with van der Waals surface area (Å²) in [7, 11) is -1.69. The smallest absolute Gasteiger partial charge is 0.214 e. The zero-order chi connectivity index (χ0) is 10.5. The molecule has 0 amide bonds. The van der Waals surface area contributed by atoms with E-state index in [1.54, 1.807) is 6.92 Å². The Morgan fingerprint density at radius 1 is 1.54 bits per heavy atom. The molecule has 0 aliphatic rings. The first-order valence-corrected chi connectivity index (χ1v) is 5.70. The topological polar surface area (TPSA) is 57.6 Å². The van der Waals surface area contributed by atoms with Gasteiger partial charge in [0.15, 0.2) is 0 Å². The Bertz CT molecular complexity index is 259. The van der Waals surface area contributed by atoms with Crippen molar-refractivity contribution in [3.05, 3.63) is 12.2 Å². The Morgan fingerprint density at radius 2 is 2.08 bits per heavy atom. The molecule has 78 valence electrons. The van der Waals surface area contributed by atoms with Crippen LogP contribution in [0.25, 0.3) is 0 Å². The predicted molar refractivity (Wildman–Crippen MR) is 52.9 cm³/mol. The molecule has 13 heavy (non-hydrogen) atoms. The van der Waals surface area contributed by atoms with Gasteiger partial charge in [0.1, 0.15) is 0 Å². The highest BCUT2D eigenvalue weighted by atomic mass is 32.2. The molecule has 0 radical (unpaired) electrons. The van der Waals surface area contributed by atoms with E-state index in [0.717, 1.165) is 5.57 Å². The number of sulfonamides is 1. The standard InChI is InChI=1S/C8H17NO3S/c1-8(2)7-9(3)13(11,12)6-4-5-10/h10H,1,4-7H2,2-3H3. The Labute approximate surface area is 79.9 Å². The van der Waals surface area contributed by atoms with E-state index in [1.807, 2.05) is 0 Å². The minimum Gasteiger partial charge on any atom is -0.396 e. The van der Waals surface area contributed by atoms with Crippen molar-refractivity contribution >= 4 is 10.0 Å². The van der Waals surface area contributed by atoms with E-state index < -0.39 is 10.0 Å². The maximum Gasteiger partial charge on any atom is 0.214 e. The average molecular weight is 207 g/mol. The van der Waals surface area contributed by atoms with Gasteiger partial charge in [-0.2, -0.15) is 0 Å². The Hall–Kier alpha value is -0.390. The molecule has 0 aromatic heterocycles. The van der Waals surface area contributed by atoms with Crippen molar-refractivity contribution in [3.63, 3.8) is 0 Å². The van der Waals surface area contributed by atoms with Crippen LogP contribution in [0.1, 0.15) is 13.3 Å². The van der Waals surface area contributed by atoms with Gasteiger partial charge in [0, 0.05) is 20.2 Å². The van der Waals surface area contributed by atoms with Gasteiger partial charge in [-0.1, -0.05) is 12.2 Å². The molecule has 0 saturated heterocycles. The van der Waals surface area contributed by atoms with Crippen molar-refractivity contribution in [3.8, 4) is 0 Å². The van der Waals surface area contributed by atoms with Gasteiger partial charge in [-0.15, -0.1) is 0 Å². The average Bonchev–Trinajstić information content (AvgIpc) is 1.99. The van der Waals surface area contributed by atoms with E-state index in [2.05, 4.69) is 6.58 Å². The summed E-state index contributed by atoms with van der Waals surface area (Å²) in [6, 6.07) is 0. The molecule has 0 heterocycles. The summed E-state index contributed by atoms with van der Waals surface area (Å²) >= 11 is 0. The van der Waals surface area contributed by atoms with Crippen LogP contribution in [0.5, 0.6) is 0 Å². The van der Waals surface area contributed by atoms with Gasteiger partial charge in [-0.25, -0.2) is 12.7 Å². The van der Waals surface area contributed by atoms with E-state index >= 15 is 0 Å². The summed E-state index contributed by atoms with van der Waals surface area (Å²) in [5.74, 6) is -0.00667. The molecular weight excluding hydrogens is 190 g/mol. The SMILES string of the molecule is C=C(C)CN(C)S(=O)(=O)CCCO. The van der Waals surface area contributed by atoms with Crippen molar-refractivity contribution in [2.24, 2.45) is 0 Å². The minimum atomic E-state index is -3.21. The van der Waals surface area contributed by atoms with Gasteiger partial charge < -0.3 is 5.11 Å². The lowest BCUT2D eigenvalue weighted by molar-refractivity contribution is 0.294. The molecule has 5 heteroatoms. The first-order valence-electron chi connectivity index (χ1n) is 4.09. The minimum absolute atomic E-state index is 0.00667. The summed E-state index contributed by atoms with van der Waals surface area (Å²) in [6.45, 7) is 5.65. The molecule has 0 fully saturated rings. The van der Waals surface area contributed by atoms with Crippen LogP contribution in [-0.4, -0.2) is 43.8 Å². The van der Waals surface area contributed by atoms with Crippen LogP contribution in [-0.2, 0) is 10.0 Å². The van der Waals surface area contributed by atoms with Crippen LogP contribution < -0.4 is 0 Å². The van der Waals surface area contributed by atoms with Crippen molar-refractivity contribution in [1.29, 1.82) is 0 Å². The van der Waals surface area contributed by atoms with Crippen LogP contribution in [0.15, 0.2) is 12.2 Å². The maximum absolute atomic E-state index is 11.4. The first-order chi connectivity index (χ1) is 5.90. The second-order valence-corrected chi connectivity index (χ2v) is 5.30. The fourth-order valence-corrected chi connectivity index (χ4v) is 2.10. The lowest BCUT2D eigenvalue weighted by atomic mass is 10.4. The van der Waals surface area contributed by atoms with Crippen LogP contribution in [0.4, 0.5) is 0 Å². The fourth-order valence-electron chi connectivity index (χ4n) is 0.881. The molecule has 0 bridgehead atoms. The van der Waals surface area contributed by atoms with Crippen LogP contribution in [0, 0.1) is 0 Å². The van der Waals surface area contributed by atoms with E-state index in [0.29, 0.717) is 6.54 Å². The van der Waals surface area contributed by atoms with Gasteiger partial charge in [0.2, 0.25) is 10.0 Å². The maximum atomic E-state index is 11.4. The van der Waals surface area contributed by atoms with E-state index in [1.165, 1.54) is 11.4 Å². The van der Waals surface area contributed by atoms with Crippen LogP contribution in [0.3, 0.4) is 0 Å². The quantitative estimate of drug-likeness (QED) is 0.633. The number of rotatable bonds is 6. The highest BCUT2D eigenvalue weighted by Crippen LogP contribution is 2.02. The van der Waals surface area contributed by atoms with Gasteiger partial charge in [0.25, 0.3) is 0 Å². The number of likely N-dealkylation sites (N-methyl/N-ethyl adjacent to an activating group) is 1. The number of nitrogens with zero attached hydrogens (tertiary/aromatic N) is 1. The fraction of sp³-hybridized carbons (Fsp3) is 0.750. The third-order valence-electron chi connectivity index (χ3n) is 1.53. The van der Waals surface area contributed by atoms with E-state index in [4.69, 9.17) is 5.11 Å². The van der Waals surface area contributed by atoms with Crippen molar-refractivity contribution in [2.75, 3.05) is 26.0 Å². The third-order valence-corrected chi connectivity index (χ3v) is 3.41. The van der Waals surface area contributed by atoms with Gasteiger partial charge in [-0.3, -0.25) is 0 Å². The molecule has 0 aliphatic carbocycles. The number of hydrogen-bond acceptors (Lipinski definition) is 3. The zero-order valence-electron chi connectivity index (χ0n) is 8.15.